The topological polar surface area (TPSA) is 72.2 Å². The van der Waals surface area contributed by atoms with Gasteiger partial charge in [0, 0.05) is 11.4 Å². The normalized spacial score (nSPS) is 11.5. The second-order valence-electron chi connectivity index (χ2n) is 3.07. The van der Waals surface area contributed by atoms with Gasteiger partial charge in [-0.15, -0.1) is 11.3 Å². The Bertz CT molecular complexity index is 450. The van der Waals surface area contributed by atoms with Crippen molar-refractivity contribution in [1.29, 1.82) is 0 Å². The van der Waals surface area contributed by atoms with Gasteiger partial charge in [0.05, 0.1) is 4.99 Å². The predicted molar refractivity (Wildman–Crippen MR) is 66.5 cm³/mol. The van der Waals surface area contributed by atoms with Crippen molar-refractivity contribution >= 4 is 38.6 Å². The molecule has 0 amide bonds. The van der Waals surface area contributed by atoms with Crippen LogP contribution in [0.1, 0.15) is 10.4 Å². The highest BCUT2D eigenvalue weighted by Gasteiger charge is 2.12. The predicted octanol–water partition coefficient (Wildman–Crippen LogP) is 0.762. The zero-order valence-corrected chi connectivity index (χ0v) is 10.6. The first-order chi connectivity index (χ1) is 6.91. The molecule has 1 rings (SSSR count). The van der Waals surface area contributed by atoms with Crippen molar-refractivity contribution in [3.05, 3.63) is 21.9 Å². The Hall–Kier alpha value is -0.500. The molecule has 0 fully saturated rings. The number of thiophene rings is 1. The minimum atomic E-state index is -3.38. The second-order valence-corrected chi connectivity index (χ2v) is 6.41. The van der Waals surface area contributed by atoms with Gasteiger partial charge in [0.15, 0.2) is 0 Å². The smallest absolute Gasteiger partial charge is 0.218 e. The van der Waals surface area contributed by atoms with Gasteiger partial charge in [-0.25, -0.2) is 13.1 Å². The monoisotopic (exact) mass is 264 g/mol. The maximum absolute atomic E-state index is 11.4. The van der Waals surface area contributed by atoms with Crippen molar-refractivity contribution in [3.8, 4) is 0 Å². The summed E-state index contributed by atoms with van der Waals surface area (Å²) in [5.41, 5.74) is 6.25. The molecular formula is C8H12N2O2S3. The molecule has 15 heavy (non-hydrogen) atoms. The molecule has 0 spiro atoms. The Morgan fingerprint density at radius 3 is 2.80 bits per heavy atom. The molecule has 0 atom stereocenters. The van der Waals surface area contributed by atoms with E-state index in [0.29, 0.717) is 6.54 Å². The van der Waals surface area contributed by atoms with Gasteiger partial charge >= 0.3 is 0 Å². The molecule has 1 aromatic heterocycles. The van der Waals surface area contributed by atoms with Gasteiger partial charge in [-0.05, 0) is 23.9 Å². The molecule has 0 aliphatic carbocycles. The molecule has 1 aromatic rings. The maximum Gasteiger partial charge on any atom is 0.218 e. The first kappa shape index (κ1) is 12.6. The van der Waals surface area contributed by atoms with Crippen LogP contribution >= 0.6 is 23.6 Å². The molecule has 0 radical (unpaired) electrons. The van der Waals surface area contributed by atoms with Crippen molar-refractivity contribution in [2.75, 3.05) is 5.75 Å². The van der Waals surface area contributed by atoms with E-state index in [4.69, 9.17) is 5.73 Å². The summed E-state index contributed by atoms with van der Waals surface area (Å²) in [4.78, 5) is 0.979. The van der Waals surface area contributed by atoms with Gasteiger partial charge in [0.1, 0.15) is 5.75 Å². The fourth-order valence-corrected chi connectivity index (χ4v) is 3.24. The van der Waals surface area contributed by atoms with Gasteiger partial charge in [0.25, 0.3) is 0 Å². The van der Waals surface area contributed by atoms with Crippen molar-refractivity contribution in [2.24, 2.45) is 5.73 Å². The lowest BCUT2D eigenvalue weighted by molar-refractivity contribution is 0.586. The van der Waals surface area contributed by atoms with E-state index in [0.717, 1.165) is 10.4 Å². The highest BCUT2D eigenvalue weighted by atomic mass is 32.2. The summed E-state index contributed by atoms with van der Waals surface area (Å²) in [5.74, 6) is -0.299. The van der Waals surface area contributed by atoms with Crippen LogP contribution in [0, 0.1) is 6.92 Å². The Balaban J connectivity index is 2.58. The molecule has 84 valence electrons. The van der Waals surface area contributed by atoms with Gasteiger partial charge in [0.2, 0.25) is 10.0 Å². The molecule has 0 unspecified atom stereocenters. The van der Waals surface area contributed by atoms with Gasteiger partial charge in [-0.3, -0.25) is 0 Å². The summed E-state index contributed by atoms with van der Waals surface area (Å²) in [6, 6.07) is 1.95. The number of hydrogen-bond acceptors (Lipinski definition) is 4. The quantitative estimate of drug-likeness (QED) is 0.770. The van der Waals surface area contributed by atoms with E-state index in [1.165, 1.54) is 11.3 Å². The Kier molecular flexibility index (Phi) is 4.21. The fraction of sp³-hybridized carbons (Fsp3) is 0.375. The number of rotatable bonds is 5. The van der Waals surface area contributed by atoms with Crippen LogP contribution in [-0.2, 0) is 16.6 Å². The van der Waals surface area contributed by atoms with Crippen molar-refractivity contribution in [3.63, 3.8) is 0 Å². The van der Waals surface area contributed by atoms with Crippen molar-refractivity contribution < 1.29 is 8.42 Å². The molecular weight excluding hydrogens is 252 g/mol. The molecule has 0 aliphatic rings. The van der Waals surface area contributed by atoms with Crippen LogP contribution in [0.3, 0.4) is 0 Å². The zero-order valence-electron chi connectivity index (χ0n) is 8.19. The number of sulfonamides is 1. The van der Waals surface area contributed by atoms with Crippen LogP contribution in [-0.4, -0.2) is 19.2 Å². The molecule has 0 saturated heterocycles. The number of hydrogen-bond donors (Lipinski definition) is 2. The SMILES string of the molecule is Cc1ccsc1CNS(=O)(=O)CC(N)=S. The summed E-state index contributed by atoms with van der Waals surface area (Å²) in [7, 11) is -3.38. The largest absolute Gasteiger partial charge is 0.392 e. The van der Waals surface area contributed by atoms with E-state index in [1.807, 2.05) is 18.4 Å². The number of nitrogens with one attached hydrogen (secondary N) is 1. The number of nitrogens with two attached hydrogens (primary N) is 1. The van der Waals surface area contributed by atoms with Gasteiger partial charge < -0.3 is 5.73 Å². The highest BCUT2D eigenvalue weighted by molar-refractivity contribution is 7.92. The summed E-state index contributed by atoms with van der Waals surface area (Å²) in [6.07, 6.45) is 0. The minimum absolute atomic E-state index is 0.0228. The molecule has 4 nitrogen and oxygen atoms in total. The Labute approximate surface area is 98.5 Å². The standard InChI is InChI=1S/C8H12N2O2S3/c1-6-2-3-14-7(6)4-10-15(11,12)5-8(9)13/h2-3,10H,4-5H2,1H3,(H2,9,13). The highest BCUT2D eigenvalue weighted by Crippen LogP contribution is 2.15. The molecule has 0 aliphatic heterocycles. The molecule has 3 N–H and O–H groups in total. The molecule has 0 saturated carbocycles. The van der Waals surface area contributed by atoms with E-state index >= 15 is 0 Å². The van der Waals surface area contributed by atoms with Crippen LogP contribution in [0.25, 0.3) is 0 Å². The third-order valence-corrected chi connectivity index (χ3v) is 4.38. The van der Waals surface area contributed by atoms with E-state index < -0.39 is 10.0 Å². The molecule has 1 heterocycles. The molecule has 0 bridgehead atoms. The Morgan fingerprint density at radius 2 is 2.33 bits per heavy atom. The minimum Gasteiger partial charge on any atom is -0.392 e. The van der Waals surface area contributed by atoms with Crippen LogP contribution in [0.15, 0.2) is 11.4 Å². The van der Waals surface area contributed by atoms with Crippen LogP contribution in [0.5, 0.6) is 0 Å². The van der Waals surface area contributed by atoms with E-state index in [2.05, 4.69) is 16.9 Å². The molecule has 0 aromatic carbocycles. The summed E-state index contributed by atoms with van der Waals surface area (Å²) in [6.45, 7) is 2.24. The summed E-state index contributed by atoms with van der Waals surface area (Å²) in [5, 5.41) is 1.92. The summed E-state index contributed by atoms with van der Waals surface area (Å²) >= 11 is 6.06. The maximum atomic E-state index is 11.4. The lowest BCUT2D eigenvalue weighted by Crippen LogP contribution is -2.31. The van der Waals surface area contributed by atoms with Gasteiger partial charge in [-0.2, -0.15) is 0 Å². The van der Waals surface area contributed by atoms with E-state index in [9.17, 15) is 8.42 Å². The van der Waals surface area contributed by atoms with Gasteiger partial charge in [-0.1, -0.05) is 12.2 Å². The van der Waals surface area contributed by atoms with Crippen molar-refractivity contribution in [2.45, 2.75) is 13.5 Å². The fourth-order valence-electron chi connectivity index (χ4n) is 0.999. The third-order valence-electron chi connectivity index (χ3n) is 1.75. The average Bonchev–Trinajstić information content (AvgIpc) is 2.45. The second kappa shape index (κ2) is 5.02. The van der Waals surface area contributed by atoms with Crippen LogP contribution in [0.4, 0.5) is 0 Å². The summed E-state index contributed by atoms with van der Waals surface area (Å²) < 4.78 is 25.2. The van der Waals surface area contributed by atoms with Crippen LogP contribution in [0.2, 0.25) is 0 Å². The number of thiocarbonyl (C=S) groups is 1. The van der Waals surface area contributed by atoms with E-state index in [-0.39, 0.29) is 10.7 Å². The molecule has 7 heteroatoms. The first-order valence-corrected chi connectivity index (χ1v) is 7.13. The third kappa shape index (κ3) is 4.25. The first-order valence-electron chi connectivity index (χ1n) is 4.19. The average molecular weight is 264 g/mol. The lowest BCUT2D eigenvalue weighted by atomic mass is 10.3. The Morgan fingerprint density at radius 1 is 1.67 bits per heavy atom. The zero-order chi connectivity index (χ0) is 11.5. The van der Waals surface area contributed by atoms with E-state index in [1.54, 1.807) is 0 Å². The van der Waals surface area contributed by atoms with Crippen molar-refractivity contribution in [1.82, 2.24) is 4.72 Å². The lowest BCUT2D eigenvalue weighted by Gasteiger charge is -2.04. The number of aryl methyl sites for hydroxylation is 1. The van der Waals surface area contributed by atoms with Crippen LogP contribution < -0.4 is 10.5 Å².